The van der Waals surface area contributed by atoms with E-state index in [4.69, 9.17) is 9.84 Å². The number of aromatic carboxylic acids is 1. The van der Waals surface area contributed by atoms with Crippen molar-refractivity contribution in [2.24, 2.45) is 0 Å². The molecule has 0 aliphatic carbocycles. The lowest BCUT2D eigenvalue weighted by Crippen LogP contribution is -2.18. The van der Waals surface area contributed by atoms with Crippen LogP contribution in [0, 0.1) is 23.3 Å². The fourth-order valence-corrected chi connectivity index (χ4v) is 1.97. The van der Waals surface area contributed by atoms with Crippen LogP contribution in [0.5, 0.6) is 23.0 Å². The van der Waals surface area contributed by atoms with Crippen LogP contribution < -0.4 is 14.2 Å². The third-order valence-corrected chi connectivity index (χ3v) is 3.02. The van der Waals surface area contributed by atoms with E-state index in [1.54, 1.807) is 0 Å². The summed E-state index contributed by atoms with van der Waals surface area (Å²) in [5.41, 5.74) is -1.42. The highest BCUT2D eigenvalue weighted by atomic mass is 19.4. The summed E-state index contributed by atoms with van der Waals surface area (Å²) in [6.07, 6.45) is -5.23. The van der Waals surface area contributed by atoms with Crippen LogP contribution in [0.2, 0.25) is 0 Å². The molecule has 0 aliphatic rings. The maximum Gasteiger partial charge on any atom is 0.573 e. The van der Waals surface area contributed by atoms with Crippen LogP contribution in [-0.2, 0) is 0 Å². The first-order valence-electron chi connectivity index (χ1n) is 6.67. The molecule has 27 heavy (non-hydrogen) atoms. The summed E-state index contributed by atoms with van der Waals surface area (Å²) in [5, 5.41) is 8.93. The van der Waals surface area contributed by atoms with E-state index in [0.29, 0.717) is 12.1 Å². The predicted octanol–water partition coefficient (Wildman–Crippen LogP) is 4.64. The van der Waals surface area contributed by atoms with Gasteiger partial charge >= 0.3 is 12.3 Å². The lowest BCUT2D eigenvalue weighted by Gasteiger charge is -2.16. The summed E-state index contributed by atoms with van der Waals surface area (Å²) < 4.78 is 104. The van der Waals surface area contributed by atoms with Gasteiger partial charge < -0.3 is 19.3 Å². The molecule has 5 nitrogen and oxygen atoms in total. The highest BCUT2D eigenvalue weighted by Crippen LogP contribution is 2.41. The molecule has 0 amide bonds. The highest BCUT2D eigenvalue weighted by Gasteiger charge is 2.34. The van der Waals surface area contributed by atoms with Crippen molar-refractivity contribution in [3.05, 3.63) is 47.0 Å². The van der Waals surface area contributed by atoms with E-state index < -0.39 is 64.2 Å². The number of hydrogen-bond donors (Lipinski definition) is 1. The lowest BCUT2D eigenvalue weighted by molar-refractivity contribution is -0.275. The number of ether oxygens (including phenoxy) is 3. The van der Waals surface area contributed by atoms with Crippen molar-refractivity contribution in [3.63, 3.8) is 0 Å². The minimum absolute atomic E-state index is 0.166. The van der Waals surface area contributed by atoms with Crippen LogP contribution in [0.3, 0.4) is 0 Å². The number of carboxylic acid groups (broad SMARTS) is 1. The van der Waals surface area contributed by atoms with E-state index in [0.717, 1.165) is 7.11 Å². The summed E-state index contributed by atoms with van der Waals surface area (Å²) in [5.74, 6) is -13.9. The second kappa shape index (κ2) is 7.21. The van der Waals surface area contributed by atoms with Crippen LogP contribution in [0.1, 0.15) is 10.4 Å². The van der Waals surface area contributed by atoms with Gasteiger partial charge in [0.2, 0.25) is 11.6 Å². The number of carboxylic acids is 1. The Balaban J connectivity index is 2.56. The Morgan fingerprint density at radius 3 is 2.07 bits per heavy atom. The Bertz CT molecular complexity index is 895. The van der Waals surface area contributed by atoms with Gasteiger partial charge in [0.25, 0.3) is 0 Å². The largest absolute Gasteiger partial charge is 0.573 e. The minimum Gasteiger partial charge on any atom is -0.490 e. The topological polar surface area (TPSA) is 65.0 Å². The first-order valence-corrected chi connectivity index (χ1v) is 6.67. The standard InChI is InChI=1S/C15H7F7O5/c1-25-13-7(3-2-6(11(13)18)27-15(20,21)22)26-8-4-5(16)10(17)12(19)9(8)14(23)24/h2-4H,1H3,(H,23,24). The average Bonchev–Trinajstić information content (AvgIpc) is 2.54. The second-order valence-corrected chi connectivity index (χ2v) is 4.72. The zero-order chi connectivity index (χ0) is 20.5. The fourth-order valence-electron chi connectivity index (χ4n) is 1.97. The Kier molecular flexibility index (Phi) is 5.38. The molecule has 0 saturated heterocycles. The number of hydrogen-bond acceptors (Lipinski definition) is 4. The SMILES string of the molecule is COc1c(Oc2cc(F)c(F)c(F)c2C(=O)O)ccc(OC(F)(F)F)c1F. The van der Waals surface area contributed by atoms with Gasteiger partial charge in [-0.2, -0.15) is 4.39 Å². The molecular formula is C15H7F7O5. The van der Waals surface area contributed by atoms with E-state index in [-0.39, 0.29) is 6.07 Å². The molecule has 0 saturated carbocycles. The normalized spacial score (nSPS) is 11.3. The van der Waals surface area contributed by atoms with Gasteiger partial charge in [-0.25, -0.2) is 18.0 Å². The molecule has 0 fully saturated rings. The fraction of sp³-hybridized carbons (Fsp3) is 0.133. The van der Waals surface area contributed by atoms with Crippen molar-refractivity contribution in [3.8, 4) is 23.0 Å². The molecule has 0 unspecified atom stereocenters. The molecule has 0 aliphatic heterocycles. The van der Waals surface area contributed by atoms with Crippen LogP contribution in [-0.4, -0.2) is 24.5 Å². The van der Waals surface area contributed by atoms with Crippen LogP contribution >= 0.6 is 0 Å². The number of alkyl halides is 3. The summed E-state index contributed by atoms with van der Waals surface area (Å²) in [6, 6.07) is 1.28. The molecule has 2 rings (SSSR count). The Morgan fingerprint density at radius 1 is 0.963 bits per heavy atom. The third kappa shape index (κ3) is 4.15. The maximum atomic E-state index is 14.1. The Morgan fingerprint density at radius 2 is 1.56 bits per heavy atom. The molecule has 0 bridgehead atoms. The van der Waals surface area contributed by atoms with Crippen molar-refractivity contribution in [1.82, 2.24) is 0 Å². The van der Waals surface area contributed by atoms with Gasteiger partial charge in [-0.05, 0) is 12.1 Å². The molecular weight excluding hydrogens is 393 g/mol. The second-order valence-electron chi connectivity index (χ2n) is 4.72. The van der Waals surface area contributed by atoms with Gasteiger partial charge in [-0.1, -0.05) is 0 Å². The number of rotatable bonds is 5. The first kappa shape index (κ1) is 20.1. The Hall–Kier alpha value is -3.18. The summed E-state index contributed by atoms with van der Waals surface area (Å²) in [6.45, 7) is 0. The van der Waals surface area contributed by atoms with Gasteiger partial charge in [-0.15, -0.1) is 13.2 Å². The third-order valence-electron chi connectivity index (χ3n) is 3.02. The average molecular weight is 400 g/mol. The quantitative estimate of drug-likeness (QED) is 0.585. The van der Waals surface area contributed by atoms with Gasteiger partial charge in [-0.3, -0.25) is 0 Å². The summed E-state index contributed by atoms with van der Waals surface area (Å²) in [7, 11) is 0.826. The van der Waals surface area contributed by atoms with E-state index in [9.17, 15) is 35.5 Å². The molecule has 2 aromatic rings. The zero-order valence-corrected chi connectivity index (χ0v) is 13.0. The number of halogens is 7. The van der Waals surface area contributed by atoms with Gasteiger partial charge in [0.15, 0.2) is 29.0 Å². The smallest absolute Gasteiger partial charge is 0.490 e. The summed E-state index contributed by atoms with van der Waals surface area (Å²) >= 11 is 0. The molecule has 2 aromatic carbocycles. The molecule has 0 heterocycles. The molecule has 0 aromatic heterocycles. The van der Waals surface area contributed by atoms with E-state index in [1.165, 1.54) is 0 Å². The molecule has 1 N–H and O–H groups in total. The Labute approximate surface area is 145 Å². The molecule has 0 atom stereocenters. The molecule has 146 valence electrons. The summed E-state index contributed by atoms with van der Waals surface area (Å²) in [4.78, 5) is 11.1. The van der Waals surface area contributed by atoms with E-state index in [2.05, 4.69) is 9.47 Å². The molecule has 0 radical (unpaired) electrons. The van der Waals surface area contributed by atoms with Crippen molar-refractivity contribution < 1.29 is 54.8 Å². The van der Waals surface area contributed by atoms with Crippen molar-refractivity contribution in [2.75, 3.05) is 7.11 Å². The zero-order valence-electron chi connectivity index (χ0n) is 13.0. The minimum atomic E-state index is -5.23. The van der Waals surface area contributed by atoms with Crippen molar-refractivity contribution in [2.45, 2.75) is 6.36 Å². The van der Waals surface area contributed by atoms with E-state index >= 15 is 0 Å². The molecule has 12 heteroatoms. The lowest BCUT2D eigenvalue weighted by atomic mass is 10.1. The van der Waals surface area contributed by atoms with Crippen molar-refractivity contribution >= 4 is 5.97 Å². The molecule has 0 spiro atoms. The number of methoxy groups -OCH3 is 1. The van der Waals surface area contributed by atoms with Gasteiger partial charge in [0, 0.05) is 6.07 Å². The number of benzene rings is 2. The first-order chi connectivity index (χ1) is 12.5. The van der Waals surface area contributed by atoms with Crippen LogP contribution in [0.25, 0.3) is 0 Å². The predicted molar refractivity (Wildman–Crippen MR) is 73.0 cm³/mol. The van der Waals surface area contributed by atoms with Crippen LogP contribution in [0.15, 0.2) is 18.2 Å². The monoisotopic (exact) mass is 400 g/mol. The van der Waals surface area contributed by atoms with Gasteiger partial charge in [0.05, 0.1) is 7.11 Å². The maximum absolute atomic E-state index is 14.1. The van der Waals surface area contributed by atoms with Crippen LogP contribution in [0.4, 0.5) is 30.7 Å². The van der Waals surface area contributed by atoms with E-state index in [1.807, 2.05) is 0 Å². The number of carbonyl (C=O) groups is 1. The highest BCUT2D eigenvalue weighted by molar-refractivity contribution is 5.91. The van der Waals surface area contributed by atoms with Gasteiger partial charge in [0.1, 0.15) is 11.3 Å². The van der Waals surface area contributed by atoms with Crippen molar-refractivity contribution in [1.29, 1.82) is 0 Å².